The summed E-state index contributed by atoms with van der Waals surface area (Å²) >= 11 is 0. The van der Waals surface area contributed by atoms with Gasteiger partial charge < -0.3 is 19.3 Å². The summed E-state index contributed by atoms with van der Waals surface area (Å²) in [6, 6.07) is 5.84. The number of fused-ring (bicyclic) bond motifs is 1. The molecule has 0 saturated carbocycles. The number of phenolic OH excluding ortho intramolecular Hbond substituents is 1. The van der Waals surface area contributed by atoms with Gasteiger partial charge in [0.25, 0.3) is 5.91 Å². The Morgan fingerprint density at radius 3 is 2.65 bits per heavy atom. The lowest BCUT2D eigenvalue weighted by atomic mass is 10.0. The average Bonchev–Trinajstić information content (AvgIpc) is 3.09. The second-order valence-electron chi connectivity index (χ2n) is 8.32. The molecule has 1 unspecified atom stereocenters. The number of nitrogens with one attached hydrogen (secondary N) is 1. The fraction of sp³-hybridized carbons (Fsp3) is 0.450. The number of nitrogens with zero attached hydrogens (tertiary/aromatic N) is 1. The molecule has 31 heavy (non-hydrogen) atoms. The van der Waals surface area contributed by atoms with Crippen LogP contribution in [-0.2, 0) is 24.5 Å². The molecule has 2 fully saturated rings. The van der Waals surface area contributed by atoms with Crippen molar-refractivity contribution in [2.45, 2.75) is 38.6 Å². The van der Waals surface area contributed by atoms with Crippen molar-refractivity contribution < 1.29 is 36.9 Å². The van der Waals surface area contributed by atoms with Crippen LogP contribution in [0.4, 0.5) is 10.1 Å². The fourth-order valence-corrected chi connectivity index (χ4v) is 4.93. The number of carbonyl (C=O) groups excluding carboxylic acids is 1. The van der Waals surface area contributed by atoms with E-state index >= 15 is 4.39 Å². The van der Waals surface area contributed by atoms with E-state index in [1.165, 1.54) is 12.1 Å². The maximum atomic E-state index is 15.2. The third-order valence-electron chi connectivity index (χ3n) is 5.19. The number of halogens is 1. The van der Waals surface area contributed by atoms with Gasteiger partial charge in [-0.05, 0) is 44.4 Å². The first-order valence-electron chi connectivity index (χ1n) is 9.65. The van der Waals surface area contributed by atoms with Crippen molar-refractivity contribution in [3.63, 3.8) is 0 Å². The molecule has 0 bridgehead atoms. The molecule has 2 heterocycles. The number of carbonyl (C=O) groups is 1. The normalized spacial score (nSPS) is 24.5. The predicted molar refractivity (Wildman–Crippen MR) is 110 cm³/mol. The largest absolute Gasteiger partial charge is 0.506 e. The molecule has 4 rings (SSSR count). The van der Waals surface area contributed by atoms with E-state index in [0.717, 1.165) is 0 Å². The van der Waals surface area contributed by atoms with E-state index in [1.54, 1.807) is 16.9 Å². The molecule has 0 spiro atoms. The average molecular weight is 454 g/mol. The maximum Gasteiger partial charge on any atom is 0.326 e. The van der Waals surface area contributed by atoms with Crippen molar-refractivity contribution in [3.05, 3.63) is 30.1 Å². The Bertz CT molecular complexity index is 1170. The second-order valence-corrected chi connectivity index (χ2v) is 9.91. The lowest BCUT2D eigenvalue weighted by Crippen LogP contribution is -2.32. The van der Waals surface area contributed by atoms with E-state index < -0.39 is 51.3 Å². The molecule has 0 radical (unpaired) electrons. The number of hydrogen-bond donors (Lipinski definition) is 2. The zero-order chi connectivity index (χ0) is 22.6. The highest BCUT2D eigenvalue weighted by molar-refractivity contribution is 7.92. The SMILES string of the molecule is CC1(CCOc2ccc3cc(O)c(N4CC(=O)NS4(=O)=O)c(F)c3c2)COC(C)(C)O1. The Hall–Kier alpha value is -2.63. The Labute approximate surface area is 178 Å². The molecule has 2 aliphatic heterocycles. The van der Waals surface area contributed by atoms with Gasteiger partial charge in [0, 0.05) is 11.8 Å². The third kappa shape index (κ3) is 4.12. The monoisotopic (exact) mass is 454 g/mol. The third-order valence-corrected chi connectivity index (χ3v) is 6.57. The molecule has 0 aromatic heterocycles. The summed E-state index contributed by atoms with van der Waals surface area (Å²) in [5, 5.41) is 10.6. The molecule has 9 nitrogen and oxygen atoms in total. The Morgan fingerprint density at radius 1 is 1.29 bits per heavy atom. The predicted octanol–water partition coefficient (Wildman–Crippen LogP) is 2.18. The molecule has 2 N–H and O–H groups in total. The van der Waals surface area contributed by atoms with Gasteiger partial charge in [-0.3, -0.25) is 4.79 Å². The highest BCUT2D eigenvalue weighted by Gasteiger charge is 2.41. The minimum atomic E-state index is -4.28. The fourth-order valence-electron chi connectivity index (χ4n) is 3.77. The number of rotatable bonds is 5. The molecule has 11 heteroatoms. The first-order valence-corrected chi connectivity index (χ1v) is 11.1. The highest BCUT2D eigenvalue weighted by atomic mass is 32.2. The van der Waals surface area contributed by atoms with Gasteiger partial charge in [0.05, 0.1) is 18.8 Å². The molecule has 2 aromatic rings. The lowest BCUT2D eigenvalue weighted by Gasteiger charge is -2.25. The molecule has 168 valence electrons. The van der Waals surface area contributed by atoms with Gasteiger partial charge >= 0.3 is 10.2 Å². The van der Waals surface area contributed by atoms with Gasteiger partial charge in [0.1, 0.15) is 23.7 Å². The summed E-state index contributed by atoms with van der Waals surface area (Å²) in [6.45, 7) is 5.68. The second kappa shape index (κ2) is 7.21. The van der Waals surface area contributed by atoms with Crippen LogP contribution >= 0.6 is 0 Å². The van der Waals surface area contributed by atoms with Crippen LogP contribution in [0.2, 0.25) is 0 Å². The summed E-state index contributed by atoms with van der Waals surface area (Å²) < 4.78 is 58.9. The Morgan fingerprint density at radius 2 is 2.03 bits per heavy atom. The Balaban J connectivity index is 1.58. The van der Waals surface area contributed by atoms with Crippen molar-refractivity contribution in [2.24, 2.45) is 0 Å². The number of ether oxygens (including phenoxy) is 3. The topological polar surface area (TPSA) is 114 Å². The molecule has 1 amide bonds. The maximum absolute atomic E-state index is 15.2. The number of benzene rings is 2. The molecular formula is C20H23FN2O7S. The van der Waals surface area contributed by atoms with E-state index in [2.05, 4.69) is 0 Å². The smallest absolute Gasteiger partial charge is 0.326 e. The first-order chi connectivity index (χ1) is 14.4. The summed E-state index contributed by atoms with van der Waals surface area (Å²) in [5.74, 6) is -2.67. The van der Waals surface area contributed by atoms with Gasteiger partial charge in [-0.1, -0.05) is 6.07 Å². The van der Waals surface area contributed by atoms with Crippen LogP contribution in [0, 0.1) is 5.82 Å². The van der Waals surface area contributed by atoms with Crippen LogP contribution in [0.15, 0.2) is 24.3 Å². The number of phenols is 1. The van der Waals surface area contributed by atoms with Gasteiger partial charge in [-0.25, -0.2) is 13.4 Å². The molecule has 2 saturated heterocycles. The van der Waals surface area contributed by atoms with Crippen LogP contribution in [0.25, 0.3) is 10.8 Å². The van der Waals surface area contributed by atoms with Crippen molar-refractivity contribution in [1.82, 2.24) is 4.72 Å². The van der Waals surface area contributed by atoms with Crippen molar-refractivity contribution in [3.8, 4) is 11.5 Å². The van der Waals surface area contributed by atoms with Gasteiger partial charge in [-0.2, -0.15) is 8.42 Å². The summed E-state index contributed by atoms with van der Waals surface area (Å²) in [4.78, 5) is 11.5. The zero-order valence-corrected chi connectivity index (χ0v) is 18.1. The number of amides is 1. The van der Waals surface area contributed by atoms with E-state index in [9.17, 15) is 18.3 Å². The van der Waals surface area contributed by atoms with Crippen LogP contribution in [0.3, 0.4) is 0 Å². The van der Waals surface area contributed by atoms with Crippen molar-refractivity contribution >= 4 is 32.6 Å². The van der Waals surface area contributed by atoms with E-state index in [1.807, 2.05) is 20.8 Å². The van der Waals surface area contributed by atoms with Crippen molar-refractivity contribution in [1.29, 1.82) is 0 Å². The first kappa shape index (κ1) is 21.6. The van der Waals surface area contributed by atoms with E-state index in [0.29, 0.717) is 28.5 Å². The summed E-state index contributed by atoms with van der Waals surface area (Å²) in [7, 11) is -4.28. The van der Waals surface area contributed by atoms with E-state index in [4.69, 9.17) is 14.2 Å². The van der Waals surface area contributed by atoms with Crippen LogP contribution in [-0.4, -0.2) is 50.6 Å². The molecule has 1 atom stereocenters. The van der Waals surface area contributed by atoms with Crippen LogP contribution in [0.1, 0.15) is 27.2 Å². The molecule has 2 aromatic carbocycles. The summed E-state index contributed by atoms with van der Waals surface area (Å²) in [5.41, 5.74) is -1.09. The van der Waals surface area contributed by atoms with E-state index in [-0.39, 0.29) is 12.0 Å². The van der Waals surface area contributed by atoms with Crippen molar-refractivity contribution in [2.75, 3.05) is 24.1 Å². The number of anilines is 1. The highest BCUT2D eigenvalue weighted by Crippen LogP contribution is 2.39. The minimum Gasteiger partial charge on any atom is -0.506 e. The minimum absolute atomic E-state index is 0.0487. The standard InChI is InChI=1S/C20H23FN2O7S/c1-19(2)29-11-20(3,30-19)6-7-28-13-5-4-12-8-15(24)18(17(21)14(12)9-13)23-10-16(25)22-31(23,26)27/h4-5,8-9,24H,6-7,10-11H2,1-3H3,(H,22,25). The molecule has 2 aliphatic rings. The molecule has 0 aliphatic carbocycles. The number of aromatic hydroxyl groups is 1. The van der Waals surface area contributed by atoms with Crippen LogP contribution < -0.4 is 13.8 Å². The number of hydrogen-bond acceptors (Lipinski definition) is 7. The van der Waals surface area contributed by atoms with Gasteiger partial charge in [0.2, 0.25) is 0 Å². The zero-order valence-electron chi connectivity index (χ0n) is 17.3. The lowest BCUT2D eigenvalue weighted by molar-refractivity contribution is -0.159. The van der Waals surface area contributed by atoms with Gasteiger partial charge in [-0.15, -0.1) is 0 Å². The van der Waals surface area contributed by atoms with Gasteiger partial charge in [0.15, 0.2) is 11.6 Å². The quantitative estimate of drug-likeness (QED) is 0.712. The summed E-state index contributed by atoms with van der Waals surface area (Å²) in [6.07, 6.45) is 0.539. The molecular weight excluding hydrogens is 431 g/mol. The van der Waals surface area contributed by atoms with Crippen LogP contribution in [0.5, 0.6) is 11.5 Å². The Kier molecular flexibility index (Phi) is 5.02.